The molecule has 3 heterocycles. The maximum absolute atomic E-state index is 9.42. The first-order valence-corrected chi connectivity index (χ1v) is 15.8. The minimum absolute atomic E-state index is 0.186. The number of nitrogens with one attached hydrogen (secondary N) is 1. The van der Waals surface area contributed by atoms with Gasteiger partial charge in [-0.05, 0) is 55.9 Å². The first-order valence-electron chi connectivity index (χ1n) is 15.8. The van der Waals surface area contributed by atoms with E-state index in [1.54, 1.807) is 0 Å². The third-order valence-corrected chi connectivity index (χ3v) is 8.97. The zero-order valence-electron chi connectivity index (χ0n) is 25.4. The van der Waals surface area contributed by atoms with Crippen LogP contribution in [0.1, 0.15) is 85.1 Å². The van der Waals surface area contributed by atoms with Crippen LogP contribution in [0, 0.1) is 17.2 Å². The number of likely N-dealkylation sites (tertiary alicyclic amines) is 1. The SMILES string of the molecule is CCC[C@@H]1CN([C@H](Cc2ccccc2)N2CCC[C@H]2CN2C(N)=NC[C@H]2CC(C)C)C(=N)N1CCCC(C)C. The summed E-state index contributed by atoms with van der Waals surface area (Å²) < 4.78 is 0. The molecule has 3 N–H and O–H groups in total. The largest absolute Gasteiger partial charge is 0.370 e. The lowest BCUT2D eigenvalue weighted by atomic mass is 10.0. The fourth-order valence-electron chi connectivity index (χ4n) is 7.02. The average Bonchev–Trinajstić information content (AvgIpc) is 3.58. The molecule has 7 nitrogen and oxygen atoms in total. The van der Waals surface area contributed by atoms with Crippen LogP contribution in [0.5, 0.6) is 0 Å². The molecule has 3 aliphatic heterocycles. The van der Waals surface area contributed by atoms with E-state index in [2.05, 4.69) is 89.5 Å². The Morgan fingerprint density at radius 3 is 2.49 bits per heavy atom. The van der Waals surface area contributed by atoms with E-state index in [9.17, 15) is 5.41 Å². The molecule has 3 aliphatic rings. The summed E-state index contributed by atoms with van der Waals surface area (Å²) in [6.07, 6.45) is 9.34. The van der Waals surface area contributed by atoms with Crippen molar-refractivity contribution in [3.63, 3.8) is 0 Å². The second-order valence-electron chi connectivity index (χ2n) is 13.0. The number of aliphatic imine (C=N–C) groups is 1. The Hall–Kier alpha value is -2.28. The van der Waals surface area contributed by atoms with E-state index in [1.807, 2.05) is 0 Å². The van der Waals surface area contributed by atoms with Crippen molar-refractivity contribution in [2.45, 2.75) is 110 Å². The summed E-state index contributed by atoms with van der Waals surface area (Å²) in [5.41, 5.74) is 7.81. The molecule has 1 aromatic rings. The number of hydrogen-bond acceptors (Lipinski definition) is 5. The molecule has 218 valence electrons. The average molecular weight is 538 g/mol. The Labute approximate surface area is 238 Å². The highest BCUT2D eigenvalue weighted by Gasteiger charge is 2.43. The molecular weight excluding hydrogens is 482 g/mol. The Morgan fingerprint density at radius 1 is 1.03 bits per heavy atom. The quantitative estimate of drug-likeness (QED) is 0.340. The fourth-order valence-corrected chi connectivity index (χ4v) is 7.02. The molecule has 0 amide bonds. The van der Waals surface area contributed by atoms with Gasteiger partial charge in [0.25, 0.3) is 0 Å². The number of rotatable bonds is 14. The van der Waals surface area contributed by atoms with Gasteiger partial charge in [0.15, 0.2) is 11.9 Å². The highest BCUT2D eigenvalue weighted by Crippen LogP contribution is 2.31. The number of nitrogens with zero attached hydrogens (tertiary/aromatic N) is 5. The van der Waals surface area contributed by atoms with Crippen molar-refractivity contribution >= 4 is 11.9 Å². The summed E-state index contributed by atoms with van der Waals surface area (Å²) >= 11 is 0. The fraction of sp³-hybridized carbons (Fsp3) is 0.750. The molecule has 0 bridgehead atoms. The van der Waals surface area contributed by atoms with Gasteiger partial charge in [0.2, 0.25) is 0 Å². The van der Waals surface area contributed by atoms with E-state index in [4.69, 9.17) is 5.73 Å². The monoisotopic (exact) mass is 537 g/mol. The summed E-state index contributed by atoms with van der Waals surface area (Å²) in [7, 11) is 0. The standard InChI is InChI=1S/C32H55N7/c1-6-12-27-23-39(32(34)37(27)18-10-13-24(2)3)30(20-26-14-8-7-9-15-26)36-17-11-16-28(36)22-38-29(19-25(4)5)21-35-31(38)33/h7-9,14-15,24-25,27-30,34H,6,10-13,16-23H2,1-5H3,(H2,33,35)/t27-,28+,29-,30-/m1/s1. The summed E-state index contributed by atoms with van der Waals surface area (Å²) in [6.45, 7) is 16.3. The topological polar surface area (TPSA) is 75.2 Å². The van der Waals surface area contributed by atoms with Crippen LogP contribution in [0.2, 0.25) is 0 Å². The van der Waals surface area contributed by atoms with E-state index in [0.29, 0.717) is 30.0 Å². The van der Waals surface area contributed by atoms with Crippen LogP contribution in [0.25, 0.3) is 0 Å². The molecule has 0 aromatic heterocycles. The molecule has 0 aliphatic carbocycles. The van der Waals surface area contributed by atoms with Gasteiger partial charge in [-0.1, -0.05) is 71.4 Å². The van der Waals surface area contributed by atoms with Crippen LogP contribution in [-0.2, 0) is 6.42 Å². The van der Waals surface area contributed by atoms with E-state index in [1.165, 1.54) is 24.8 Å². The van der Waals surface area contributed by atoms with Crippen LogP contribution in [0.15, 0.2) is 35.3 Å². The lowest BCUT2D eigenvalue weighted by molar-refractivity contribution is 0.0692. The maximum Gasteiger partial charge on any atom is 0.195 e. The van der Waals surface area contributed by atoms with Crippen molar-refractivity contribution in [3.05, 3.63) is 35.9 Å². The summed E-state index contributed by atoms with van der Waals surface area (Å²) in [6, 6.07) is 12.2. The summed E-state index contributed by atoms with van der Waals surface area (Å²) in [5, 5.41) is 9.42. The van der Waals surface area contributed by atoms with Gasteiger partial charge in [-0.25, -0.2) is 0 Å². The van der Waals surface area contributed by atoms with Crippen molar-refractivity contribution in [1.82, 2.24) is 19.6 Å². The molecule has 7 heteroatoms. The predicted molar refractivity (Wildman–Crippen MR) is 164 cm³/mol. The molecule has 39 heavy (non-hydrogen) atoms. The van der Waals surface area contributed by atoms with Crippen LogP contribution in [-0.4, -0.2) is 88.5 Å². The van der Waals surface area contributed by atoms with Crippen LogP contribution in [0.3, 0.4) is 0 Å². The van der Waals surface area contributed by atoms with Gasteiger partial charge in [-0.3, -0.25) is 15.3 Å². The molecule has 0 unspecified atom stereocenters. The molecule has 2 fully saturated rings. The van der Waals surface area contributed by atoms with Crippen molar-refractivity contribution in [2.75, 3.05) is 32.7 Å². The number of benzene rings is 1. The highest BCUT2D eigenvalue weighted by molar-refractivity contribution is 5.80. The smallest absolute Gasteiger partial charge is 0.195 e. The zero-order valence-corrected chi connectivity index (χ0v) is 25.4. The lowest BCUT2D eigenvalue weighted by Gasteiger charge is -2.41. The van der Waals surface area contributed by atoms with Gasteiger partial charge >= 0.3 is 0 Å². The van der Waals surface area contributed by atoms with Gasteiger partial charge in [-0.2, -0.15) is 0 Å². The van der Waals surface area contributed by atoms with Gasteiger partial charge in [0, 0.05) is 44.7 Å². The van der Waals surface area contributed by atoms with Gasteiger partial charge < -0.3 is 20.4 Å². The first-order chi connectivity index (χ1) is 18.8. The van der Waals surface area contributed by atoms with Crippen molar-refractivity contribution in [3.8, 4) is 0 Å². The second kappa shape index (κ2) is 13.9. The molecule has 2 saturated heterocycles. The van der Waals surface area contributed by atoms with E-state index < -0.39 is 0 Å². The predicted octanol–water partition coefficient (Wildman–Crippen LogP) is 5.22. The summed E-state index contributed by atoms with van der Waals surface area (Å²) in [4.78, 5) is 14.7. The van der Waals surface area contributed by atoms with Gasteiger partial charge in [0.05, 0.1) is 18.8 Å². The Balaban J connectivity index is 1.56. The molecular formula is C32H55N7. The normalized spacial score (nSPS) is 25.0. The third kappa shape index (κ3) is 7.47. The number of guanidine groups is 2. The zero-order chi connectivity index (χ0) is 27.9. The molecule has 0 saturated carbocycles. The minimum atomic E-state index is 0.186. The molecule has 0 spiro atoms. The van der Waals surface area contributed by atoms with Crippen molar-refractivity contribution in [1.29, 1.82) is 5.41 Å². The Kier molecular flexibility index (Phi) is 10.6. The van der Waals surface area contributed by atoms with E-state index in [-0.39, 0.29) is 6.17 Å². The molecule has 4 atom stereocenters. The van der Waals surface area contributed by atoms with Crippen LogP contribution < -0.4 is 5.73 Å². The molecule has 4 rings (SSSR count). The van der Waals surface area contributed by atoms with Gasteiger partial charge in [-0.15, -0.1) is 0 Å². The minimum Gasteiger partial charge on any atom is -0.370 e. The van der Waals surface area contributed by atoms with Gasteiger partial charge in [0.1, 0.15) is 0 Å². The van der Waals surface area contributed by atoms with Crippen LogP contribution >= 0.6 is 0 Å². The maximum atomic E-state index is 9.42. The van der Waals surface area contributed by atoms with Crippen molar-refractivity contribution in [2.24, 2.45) is 22.6 Å². The number of nitrogens with two attached hydrogens (primary N) is 1. The lowest BCUT2D eigenvalue weighted by Crippen LogP contribution is -2.56. The van der Waals surface area contributed by atoms with E-state index in [0.717, 1.165) is 76.7 Å². The molecule has 0 radical (unpaired) electrons. The first kappa shape index (κ1) is 29.7. The molecule has 1 aromatic carbocycles. The van der Waals surface area contributed by atoms with E-state index >= 15 is 0 Å². The third-order valence-electron chi connectivity index (χ3n) is 8.97. The van der Waals surface area contributed by atoms with Crippen molar-refractivity contribution < 1.29 is 0 Å². The number of hydrogen-bond donors (Lipinski definition) is 2. The highest BCUT2D eigenvalue weighted by atomic mass is 15.5. The summed E-state index contributed by atoms with van der Waals surface area (Å²) in [5.74, 6) is 2.80. The Bertz CT molecular complexity index is 930. The second-order valence-corrected chi connectivity index (χ2v) is 13.0. The Morgan fingerprint density at radius 2 is 1.79 bits per heavy atom. The van der Waals surface area contributed by atoms with Crippen LogP contribution in [0.4, 0.5) is 0 Å².